The van der Waals surface area contributed by atoms with Crippen molar-refractivity contribution in [3.8, 4) is 0 Å². The standard InChI is InChI=1S/C23H31ClN4O3/c1-14(26-22(30)31-23(3,4)5)18-11-17-7-6-8-19(24)20(17)27-21(18)28-10-9-16(13-28)12-25-15(2)29/h6-8,11,14,16H,9-10,12-13H2,1-5H3,(H,25,29)(H,26,30)/t14-,16+/m0/s1. The van der Waals surface area contributed by atoms with E-state index in [1.807, 2.05) is 52.0 Å². The van der Waals surface area contributed by atoms with Gasteiger partial charge in [0, 0.05) is 37.5 Å². The van der Waals surface area contributed by atoms with Crippen molar-refractivity contribution in [1.29, 1.82) is 0 Å². The molecule has 0 radical (unpaired) electrons. The second kappa shape index (κ2) is 9.30. The van der Waals surface area contributed by atoms with Crippen LogP contribution < -0.4 is 15.5 Å². The molecular weight excluding hydrogens is 416 g/mol. The maximum Gasteiger partial charge on any atom is 0.408 e. The van der Waals surface area contributed by atoms with Gasteiger partial charge in [-0.15, -0.1) is 0 Å². The lowest BCUT2D eigenvalue weighted by atomic mass is 10.1. The Kier molecular flexibility index (Phi) is 6.94. The minimum atomic E-state index is -0.576. The molecule has 2 amide bonds. The Balaban J connectivity index is 1.90. The predicted molar refractivity (Wildman–Crippen MR) is 124 cm³/mol. The van der Waals surface area contributed by atoms with Crippen molar-refractivity contribution < 1.29 is 14.3 Å². The normalized spacial score (nSPS) is 17.5. The van der Waals surface area contributed by atoms with Crippen LogP contribution in [-0.2, 0) is 9.53 Å². The number of para-hydroxylation sites is 1. The number of carbonyl (C=O) groups is 2. The van der Waals surface area contributed by atoms with E-state index in [-0.39, 0.29) is 11.9 Å². The minimum Gasteiger partial charge on any atom is -0.444 e. The van der Waals surface area contributed by atoms with Crippen LogP contribution in [0.1, 0.15) is 52.6 Å². The van der Waals surface area contributed by atoms with Gasteiger partial charge < -0.3 is 20.3 Å². The molecule has 0 saturated carbocycles. The van der Waals surface area contributed by atoms with Crippen molar-refractivity contribution in [1.82, 2.24) is 15.6 Å². The molecule has 8 heteroatoms. The van der Waals surface area contributed by atoms with E-state index >= 15 is 0 Å². The molecule has 31 heavy (non-hydrogen) atoms. The Morgan fingerprint density at radius 2 is 2.10 bits per heavy atom. The third-order valence-electron chi connectivity index (χ3n) is 5.23. The smallest absolute Gasteiger partial charge is 0.408 e. The van der Waals surface area contributed by atoms with E-state index in [0.29, 0.717) is 17.5 Å². The van der Waals surface area contributed by atoms with Crippen molar-refractivity contribution in [3.63, 3.8) is 0 Å². The van der Waals surface area contributed by atoms with Crippen molar-refractivity contribution in [3.05, 3.63) is 34.9 Å². The molecule has 1 aromatic heterocycles. The zero-order chi connectivity index (χ0) is 22.8. The van der Waals surface area contributed by atoms with E-state index in [2.05, 4.69) is 15.5 Å². The zero-order valence-corrected chi connectivity index (χ0v) is 19.5. The lowest BCUT2D eigenvalue weighted by Crippen LogP contribution is -2.35. The maximum absolute atomic E-state index is 12.4. The number of halogens is 1. The molecule has 1 aliphatic rings. The number of rotatable bonds is 5. The lowest BCUT2D eigenvalue weighted by Gasteiger charge is -2.26. The number of nitrogens with zero attached hydrogens (tertiary/aromatic N) is 2. The number of aromatic nitrogens is 1. The van der Waals surface area contributed by atoms with Crippen molar-refractivity contribution in [2.45, 2.75) is 52.7 Å². The highest BCUT2D eigenvalue weighted by Gasteiger charge is 2.28. The number of benzene rings is 1. The van der Waals surface area contributed by atoms with Crippen LogP contribution in [0.5, 0.6) is 0 Å². The van der Waals surface area contributed by atoms with Gasteiger partial charge in [-0.25, -0.2) is 9.78 Å². The van der Waals surface area contributed by atoms with Crippen LogP contribution >= 0.6 is 11.6 Å². The average molecular weight is 447 g/mol. The van der Waals surface area contributed by atoms with Gasteiger partial charge in [0.15, 0.2) is 0 Å². The molecular formula is C23H31ClN4O3. The van der Waals surface area contributed by atoms with Gasteiger partial charge >= 0.3 is 6.09 Å². The summed E-state index contributed by atoms with van der Waals surface area (Å²) in [7, 11) is 0. The fourth-order valence-corrected chi connectivity index (χ4v) is 4.01. The van der Waals surface area contributed by atoms with E-state index in [1.54, 1.807) is 0 Å². The fourth-order valence-electron chi connectivity index (χ4n) is 3.78. The van der Waals surface area contributed by atoms with Crippen molar-refractivity contribution in [2.75, 3.05) is 24.5 Å². The summed E-state index contributed by atoms with van der Waals surface area (Å²) in [6.07, 6.45) is 0.484. The second-order valence-electron chi connectivity index (χ2n) is 9.12. The monoisotopic (exact) mass is 446 g/mol. The van der Waals surface area contributed by atoms with Crippen LogP contribution in [-0.4, -0.2) is 42.2 Å². The molecule has 0 bridgehead atoms. The van der Waals surface area contributed by atoms with Crippen LogP contribution in [0.4, 0.5) is 10.6 Å². The second-order valence-corrected chi connectivity index (χ2v) is 9.53. The fraction of sp³-hybridized carbons (Fsp3) is 0.522. The number of alkyl carbamates (subject to hydrolysis) is 1. The molecule has 0 spiro atoms. The highest BCUT2D eigenvalue weighted by molar-refractivity contribution is 6.35. The summed E-state index contributed by atoms with van der Waals surface area (Å²) in [4.78, 5) is 30.8. The third-order valence-corrected chi connectivity index (χ3v) is 5.53. The average Bonchev–Trinajstić information content (AvgIpc) is 3.13. The largest absolute Gasteiger partial charge is 0.444 e. The van der Waals surface area contributed by atoms with Crippen molar-refractivity contribution in [2.24, 2.45) is 5.92 Å². The number of carbonyl (C=O) groups excluding carboxylic acids is 2. The zero-order valence-electron chi connectivity index (χ0n) is 18.8. The lowest BCUT2D eigenvalue weighted by molar-refractivity contribution is -0.119. The van der Waals surface area contributed by atoms with Gasteiger partial charge in [0.2, 0.25) is 5.91 Å². The number of fused-ring (bicyclic) bond motifs is 1. The Morgan fingerprint density at radius 1 is 1.35 bits per heavy atom. The summed E-state index contributed by atoms with van der Waals surface area (Å²) in [5, 5.41) is 7.34. The molecule has 2 heterocycles. The molecule has 2 atom stereocenters. The van der Waals surface area contributed by atoms with Crippen LogP contribution in [0.15, 0.2) is 24.3 Å². The first-order chi connectivity index (χ1) is 14.5. The maximum atomic E-state index is 12.4. The molecule has 7 nitrogen and oxygen atoms in total. The first-order valence-corrected chi connectivity index (χ1v) is 11.0. The molecule has 0 aliphatic carbocycles. The highest BCUT2D eigenvalue weighted by atomic mass is 35.5. The molecule has 1 saturated heterocycles. The molecule has 1 aliphatic heterocycles. The Morgan fingerprint density at radius 3 is 2.77 bits per heavy atom. The highest BCUT2D eigenvalue weighted by Crippen LogP contribution is 2.34. The van der Waals surface area contributed by atoms with Crippen LogP contribution in [0.2, 0.25) is 5.02 Å². The number of nitrogens with one attached hydrogen (secondary N) is 2. The minimum absolute atomic E-state index is 0.0232. The molecule has 0 unspecified atom stereocenters. The van der Waals surface area contributed by atoms with E-state index in [9.17, 15) is 9.59 Å². The summed E-state index contributed by atoms with van der Waals surface area (Å²) >= 11 is 6.42. The Labute approximate surface area is 188 Å². The summed E-state index contributed by atoms with van der Waals surface area (Å²) in [6.45, 7) is 11.2. The quantitative estimate of drug-likeness (QED) is 0.709. The van der Waals surface area contributed by atoms with E-state index in [1.165, 1.54) is 6.92 Å². The number of amides is 2. The van der Waals surface area contributed by atoms with Gasteiger partial charge in [0.25, 0.3) is 0 Å². The van der Waals surface area contributed by atoms with E-state index in [0.717, 1.165) is 41.8 Å². The molecule has 2 aromatic rings. The molecule has 1 fully saturated rings. The molecule has 1 aromatic carbocycles. The number of pyridine rings is 1. The SMILES string of the molecule is CC(=O)NC[C@H]1CCN(c2nc3c(Cl)cccc3cc2[C@H](C)NC(=O)OC(C)(C)C)C1. The van der Waals surface area contributed by atoms with Crippen LogP contribution in [0.25, 0.3) is 10.9 Å². The van der Waals surface area contributed by atoms with Crippen LogP contribution in [0, 0.1) is 5.92 Å². The Bertz CT molecular complexity index is 973. The van der Waals surface area contributed by atoms with Gasteiger partial charge in [-0.1, -0.05) is 23.7 Å². The number of hydrogen-bond donors (Lipinski definition) is 2. The topological polar surface area (TPSA) is 83.6 Å². The number of anilines is 1. The molecule has 2 N–H and O–H groups in total. The van der Waals surface area contributed by atoms with Gasteiger partial charge in [0.1, 0.15) is 11.4 Å². The first kappa shape index (κ1) is 23.1. The van der Waals surface area contributed by atoms with Gasteiger partial charge in [-0.05, 0) is 52.2 Å². The summed E-state index contributed by atoms with van der Waals surface area (Å²) < 4.78 is 5.43. The summed E-state index contributed by atoms with van der Waals surface area (Å²) in [5.41, 5.74) is 1.06. The third kappa shape index (κ3) is 6.00. The van der Waals surface area contributed by atoms with Gasteiger partial charge in [-0.3, -0.25) is 4.79 Å². The van der Waals surface area contributed by atoms with E-state index < -0.39 is 11.7 Å². The Hall–Kier alpha value is -2.54. The first-order valence-electron chi connectivity index (χ1n) is 10.6. The predicted octanol–water partition coefficient (Wildman–Crippen LogP) is 4.44. The number of ether oxygens (including phenoxy) is 1. The van der Waals surface area contributed by atoms with Gasteiger partial charge in [0.05, 0.1) is 16.6 Å². The summed E-state index contributed by atoms with van der Waals surface area (Å²) in [5.74, 6) is 1.12. The molecule has 168 valence electrons. The van der Waals surface area contributed by atoms with E-state index in [4.69, 9.17) is 21.3 Å². The van der Waals surface area contributed by atoms with Crippen LogP contribution in [0.3, 0.4) is 0 Å². The van der Waals surface area contributed by atoms with Crippen molar-refractivity contribution >= 4 is 40.3 Å². The molecule has 3 rings (SSSR count). The van der Waals surface area contributed by atoms with Gasteiger partial charge in [-0.2, -0.15) is 0 Å². The number of hydrogen-bond acceptors (Lipinski definition) is 5. The summed E-state index contributed by atoms with van der Waals surface area (Å²) in [6, 6.07) is 7.40.